The molecule has 4 aromatic carbocycles. The van der Waals surface area contributed by atoms with E-state index in [2.05, 4.69) is 166 Å². The molecule has 0 amide bonds. The van der Waals surface area contributed by atoms with Crippen LogP contribution in [0.4, 0.5) is 0 Å². The van der Waals surface area contributed by atoms with Crippen LogP contribution in [0, 0.1) is 12.8 Å². The van der Waals surface area contributed by atoms with Crippen molar-refractivity contribution in [2.24, 2.45) is 0 Å². The minimum absolute atomic E-state index is 0.137. The van der Waals surface area contributed by atoms with Crippen molar-refractivity contribution in [3.63, 3.8) is 0 Å². The van der Waals surface area contributed by atoms with Crippen LogP contribution in [0.5, 0.6) is 0 Å². The first-order chi connectivity index (χ1) is 22.3. The second-order valence-corrected chi connectivity index (χ2v) is 20.7. The third kappa shape index (κ3) is 6.17. The zero-order valence-electron chi connectivity index (χ0n) is 30.6. The van der Waals surface area contributed by atoms with Crippen LogP contribution in [0.25, 0.3) is 32.6 Å². The van der Waals surface area contributed by atoms with Gasteiger partial charge in [0.1, 0.15) is 8.07 Å². The van der Waals surface area contributed by atoms with E-state index in [9.17, 15) is 0 Å². The van der Waals surface area contributed by atoms with Gasteiger partial charge in [-0.05, 0) is 89.7 Å². The average molecular weight is 635 g/mol. The molecule has 0 nitrogen and oxygen atoms in total. The van der Waals surface area contributed by atoms with Crippen LogP contribution in [0.15, 0.2) is 96.1 Å². The van der Waals surface area contributed by atoms with E-state index in [0.29, 0.717) is 0 Å². The summed E-state index contributed by atoms with van der Waals surface area (Å²) in [5.41, 5.74) is 17.3. The fraction of sp³-hybridized carbons (Fsp3) is 0.348. The Morgan fingerprint density at radius 3 is 1.17 bits per heavy atom. The summed E-state index contributed by atoms with van der Waals surface area (Å²) in [5.74, 6) is 0. The molecule has 47 heavy (non-hydrogen) atoms. The summed E-state index contributed by atoms with van der Waals surface area (Å²) in [6.45, 7) is 23.8. The Balaban J connectivity index is 1.55. The van der Waals surface area contributed by atoms with Gasteiger partial charge in [0.25, 0.3) is 0 Å². The van der Waals surface area contributed by atoms with Gasteiger partial charge in [0.05, 0.1) is 0 Å². The van der Waals surface area contributed by atoms with E-state index in [1.165, 1.54) is 55.6 Å². The Morgan fingerprint density at radius 1 is 0.489 bits per heavy atom. The van der Waals surface area contributed by atoms with E-state index < -0.39 is 8.07 Å². The van der Waals surface area contributed by atoms with Crippen molar-refractivity contribution in [3.05, 3.63) is 142 Å². The van der Waals surface area contributed by atoms with E-state index in [1.807, 2.05) is 0 Å². The summed E-state index contributed by atoms with van der Waals surface area (Å²) in [7, 11) is -2.25. The van der Waals surface area contributed by atoms with Crippen molar-refractivity contribution in [3.8, 4) is 22.3 Å². The number of hydrogen-bond donors (Lipinski definition) is 0. The molecule has 0 bridgehead atoms. The van der Waals surface area contributed by atoms with E-state index in [4.69, 9.17) is 0 Å². The molecule has 0 fully saturated rings. The Kier molecular flexibility index (Phi) is 8.94. The average Bonchev–Trinajstić information content (AvgIpc) is 3.59. The maximum atomic E-state index is 2.65. The predicted octanol–water partition coefficient (Wildman–Crippen LogP) is 13.3. The number of fused-ring (bicyclic) bond motifs is 2. The van der Waals surface area contributed by atoms with Crippen molar-refractivity contribution in [1.29, 1.82) is 0 Å². The fourth-order valence-corrected chi connectivity index (χ4v) is 12.1. The maximum absolute atomic E-state index is 2.65. The normalized spacial score (nSPS) is 15.0. The number of rotatable bonds is 8. The lowest BCUT2D eigenvalue weighted by Gasteiger charge is -2.33. The number of hydrogen-bond acceptors (Lipinski definition) is 0. The topological polar surface area (TPSA) is 0 Å². The SMILES string of the molecule is CCCC1=C([Si](C)(C)C2=C(CCC)[CH]c3cccc(-c4ccc(C(C)(C)C)cc4)c32)c2c(cccc2-c2ccc(C(C)(C)C)cc2)[CH]1. The van der Waals surface area contributed by atoms with Crippen molar-refractivity contribution < 1.29 is 0 Å². The number of allylic oxidation sites excluding steroid dienone is 2. The minimum atomic E-state index is -2.25. The molecule has 0 aromatic heterocycles. The molecule has 0 atom stereocenters. The Morgan fingerprint density at radius 2 is 0.851 bits per heavy atom. The van der Waals surface area contributed by atoms with Gasteiger partial charge < -0.3 is 0 Å². The summed E-state index contributed by atoms with van der Waals surface area (Å²) in [5, 5.41) is 3.29. The third-order valence-electron chi connectivity index (χ3n) is 10.4. The fourth-order valence-electron chi connectivity index (χ4n) is 8.05. The molecule has 6 rings (SSSR count). The molecule has 2 radical (unpaired) electrons. The monoisotopic (exact) mass is 634 g/mol. The highest BCUT2D eigenvalue weighted by molar-refractivity contribution is 7.09. The van der Waals surface area contributed by atoms with Gasteiger partial charge in [-0.15, -0.1) is 0 Å². The molecule has 0 heterocycles. The second kappa shape index (κ2) is 12.6. The van der Waals surface area contributed by atoms with Crippen LogP contribution in [-0.4, -0.2) is 8.07 Å². The minimum Gasteiger partial charge on any atom is -0.0651 e. The van der Waals surface area contributed by atoms with E-state index in [-0.39, 0.29) is 10.8 Å². The van der Waals surface area contributed by atoms with Gasteiger partial charge in [-0.25, -0.2) is 0 Å². The lowest BCUT2D eigenvalue weighted by atomic mass is 9.86. The highest BCUT2D eigenvalue weighted by Crippen LogP contribution is 2.54. The largest absolute Gasteiger partial charge is 0.113 e. The molecular formula is C46H54Si. The summed E-state index contributed by atoms with van der Waals surface area (Å²) < 4.78 is 0. The number of benzene rings is 4. The molecule has 2 aliphatic carbocycles. The second-order valence-electron chi connectivity index (χ2n) is 16.4. The smallest absolute Gasteiger partial charge is 0.0651 e. The van der Waals surface area contributed by atoms with Gasteiger partial charge in [0, 0.05) is 12.8 Å². The molecule has 0 spiro atoms. The standard InChI is InChI=1S/C46H54Si/c1-11-15-35-29-33-17-13-19-39(31-21-25-37(26-22-31)45(3,4)5)41(33)43(35)47(9,10)44-36(16-12-2)30-34-18-14-20-40(42(34)44)32-23-27-38(28-24-32)46(6,7)8/h13-14,17-30H,11-12,15-16H2,1-10H3. The Labute approximate surface area is 287 Å². The van der Waals surface area contributed by atoms with E-state index >= 15 is 0 Å². The first-order valence-corrected chi connectivity index (χ1v) is 20.9. The molecule has 1 heteroatoms. The van der Waals surface area contributed by atoms with Crippen molar-refractivity contribution >= 4 is 18.5 Å². The van der Waals surface area contributed by atoms with Crippen molar-refractivity contribution in [2.75, 3.05) is 0 Å². The first-order valence-electron chi connectivity index (χ1n) is 17.9. The summed E-state index contributed by atoms with van der Waals surface area (Å²) in [6, 6.07) is 32.8. The predicted molar refractivity (Wildman–Crippen MR) is 209 cm³/mol. The molecule has 0 N–H and O–H groups in total. The quantitative estimate of drug-likeness (QED) is 0.169. The van der Waals surface area contributed by atoms with Crippen LogP contribution in [0.3, 0.4) is 0 Å². The van der Waals surface area contributed by atoms with Gasteiger partial charge in [0.15, 0.2) is 0 Å². The lowest BCUT2D eigenvalue weighted by molar-refractivity contribution is 0.590. The van der Waals surface area contributed by atoms with Crippen LogP contribution in [-0.2, 0) is 10.8 Å². The summed E-state index contributed by atoms with van der Waals surface area (Å²) >= 11 is 0. The van der Waals surface area contributed by atoms with Crippen LogP contribution < -0.4 is 0 Å². The van der Waals surface area contributed by atoms with E-state index in [1.54, 1.807) is 21.5 Å². The van der Waals surface area contributed by atoms with Crippen molar-refractivity contribution in [2.45, 2.75) is 105 Å². The highest BCUT2D eigenvalue weighted by atomic mass is 28.3. The molecule has 0 saturated carbocycles. The van der Waals surface area contributed by atoms with Gasteiger partial charge in [-0.3, -0.25) is 0 Å². The van der Waals surface area contributed by atoms with E-state index in [0.717, 1.165) is 25.7 Å². The van der Waals surface area contributed by atoms with Gasteiger partial charge in [-0.1, -0.05) is 177 Å². The van der Waals surface area contributed by atoms with Gasteiger partial charge >= 0.3 is 0 Å². The molecule has 2 aliphatic rings. The molecular weight excluding hydrogens is 581 g/mol. The summed E-state index contributed by atoms with van der Waals surface area (Å²) in [6.07, 6.45) is 9.60. The lowest BCUT2D eigenvalue weighted by Crippen LogP contribution is -2.32. The van der Waals surface area contributed by atoms with Crippen LogP contribution >= 0.6 is 0 Å². The first kappa shape index (κ1) is 33.5. The third-order valence-corrected chi connectivity index (χ3v) is 14.0. The highest BCUT2D eigenvalue weighted by Gasteiger charge is 2.43. The van der Waals surface area contributed by atoms with Gasteiger partial charge in [0.2, 0.25) is 0 Å². The molecule has 4 aromatic rings. The molecule has 0 saturated heterocycles. The zero-order valence-corrected chi connectivity index (χ0v) is 31.6. The molecule has 0 unspecified atom stereocenters. The Bertz CT molecular complexity index is 1710. The maximum Gasteiger partial charge on any atom is 0.113 e. The zero-order chi connectivity index (χ0) is 33.7. The van der Waals surface area contributed by atoms with Crippen LogP contribution in [0.2, 0.25) is 13.1 Å². The molecule has 242 valence electrons. The Hall–Kier alpha value is -3.42. The summed E-state index contributed by atoms with van der Waals surface area (Å²) in [4.78, 5) is 0. The van der Waals surface area contributed by atoms with Gasteiger partial charge in [-0.2, -0.15) is 0 Å². The van der Waals surface area contributed by atoms with Crippen LogP contribution in [0.1, 0.15) is 114 Å². The van der Waals surface area contributed by atoms with Crippen molar-refractivity contribution in [1.82, 2.24) is 0 Å². The molecule has 0 aliphatic heterocycles.